The van der Waals surface area contributed by atoms with E-state index in [0.717, 1.165) is 19.4 Å². The molecule has 1 aliphatic heterocycles. The average Bonchev–Trinajstić information content (AvgIpc) is 2.24. The normalized spacial score (nSPS) is 21.3. The summed E-state index contributed by atoms with van der Waals surface area (Å²) >= 11 is 5.92. The highest BCUT2D eigenvalue weighted by atomic mass is 35.5. The highest BCUT2D eigenvalue weighted by molar-refractivity contribution is 6.32. The summed E-state index contributed by atoms with van der Waals surface area (Å²) in [6.45, 7) is 1.42. The fourth-order valence-corrected chi connectivity index (χ4v) is 1.79. The largest absolute Gasteiger partial charge is 0.508 e. The van der Waals surface area contributed by atoms with Crippen molar-refractivity contribution in [3.05, 3.63) is 23.2 Å². The molecule has 1 atom stereocenters. The first-order valence-corrected chi connectivity index (χ1v) is 5.36. The van der Waals surface area contributed by atoms with E-state index in [9.17, 15) is 5.11 Å². The SMILES string of the molecule is Oc1ccc(OC2CCCOC2)c(Cl)c1. The van der Waals surface area contributed by atoms with Crippen LogP contribution in [0.4, 0.5) is 0 Å². The summed E-state index contributed by atoms with van der Waals surface area (Å²) in [6, 6.07) is 4.71. The molecule has 0 aliphatic carbocycles. The lowest BCUT2D eigenvalue weighted by molar-refractivity contribution is 0.00746. The van der Waals surface area contributed by atoms with Gasteiger partial charge in [-0.05, 0) is 25.0 Å². The number of ether oxygens (including phenoxy) is 2. The Morgan fingerprint density at radius 2 is 2.33 bits per heavy atom. The van der Waals surface area contributed by atoms with Crippen LogP contribution in [0.3, 0.4) is 0 Å². The van der Waals surface area contributed by atoms with Gasteiger partial charge < -0.3 is 14.6 Å². The standard InChI is InChI=1S/C11H13ClO3/c12-10-6-8(13)3-4-11(10)15-9-2-1-5-14-7-9/h3-4,6,9,13H,1-2,5,7H2. The van der Waals surface area contributed by atoms with Gasteiger partial charge in [0.2, 0.25) is 0 Å². The highest BCUT2D eigenvalue weighted by Crippen LogP contribution is 2.29. The zero-order valence-electron chi connectivity index (χ0n) is 8.28. The van der Waals surface area contributed by atoms with Crippen molar-refractivity contribution < 1.29 is 14.6 Å². The van der Waals surface area contributed by atoms with Crippen LogP contribution in [-0.4, -0.2) is 24.4 Å². The van der Waals surface area contributed by atoms with E-state index < -0.39 is 0 Å². The van der Waals surface area contributed by atoms with Crippen molar-refractivity contribution >= 4 is 11.6 Å². The Morgan fingerprint density at radius 1 is 1.47 bits per heavy atom. The minimum absolute atomic E-state index is 0.0702. The van der Waals surface area contributed by atoms with Gasteiger partial charge >= 0.3 is 0 Å². The molecule has 2 rings (SSSR count). The Hall–Kier alpha value is -0.930. The van der Waals surface area contributed by atoms with E-state index in [1.54, 1.807) is 12.1 Å². The molecule has 0 bridgehead atoms. The molecule has 1 unspecified atom stereocenters. The summed E-state index contributed by atoms with van der Waals surface area (Å²) in [6.07, 6.45) is 2.07. The Morgan fingerprint density at radius 3 is 3.00 bits per heavy atom. The van der Waals surface area contributed by atoms with Gasteiger partial charge in [-0.25, -0.2) is 0 Å². The van der Waals surface area contributed by atoms with Crippen LogP contribution >= 0.6 is 11.6 Å². The molecule has 1 fully saturated rings. The number of halogens is 1. The van der Waals surface area contributed by atoms with E-state index >= 15 is 0 Å². The van der Waals surface area contributed by atoms with Gasteiger partial charge in [-0.2, -0.15) is 0 Å². The monoisotopic (exact) mass is 228 g/mol. The predicted molar refractivity (Wildman–Crippen MR) is 57.6 cm³/mol. The van der Waals surface area contributed by atoms with Crippen LogP contribution in [0.25, 0.3) is 0 Å². The van der Waals surface area contributed by atoms with E-state index in [-0.39, 0.29) is 11.9 Å². The van der Waals surface area contributed by atoms with Gasteiger partial charge in [-0.1, -0.05) is 11.6 Å². The van der Waals surface area contributed by atoms with Crippen molar-refractivity contribution in [1.82, 2.24) is 0 Å². The third-order valence-corrected chi connectivity index (χ3v) is 2.62. The summed E-state index contributed by atoms with van der Waals surface area (Å²) in [7, 11) is 0. The van der Waals surface area contributed by atoms with Crippen molar-refractivity contribution in [3.8, 4) is 11.5 Å². The number of phenols is 1. The minimum atomic E-state index is 0.0702. The zero-order valence-corrected chi connectivity index (χ0v) is 9.04. The molecule has 1 aliphatic rings. The Labute approximate surface area is 93.6 Å². The van der Waals surface area contributed by atoms with Gasteiger partial charge in [0.15, 0.2) is 0 Å². The molecule has 1 aromatic carbocycles. The second-order valence-corrected chi connectivity index (χ2v) is 3.98. The molecule has 1 heterocycles. The van der Waals surface area contributed by atoms with Crippen molar-refractivity contribution in [1.29, 1.82) is 0 Å². The molecule has 1 N–H and O–H groups in total. The number of hydrogen-bond acceptors (Lipinski definition) is 3. The van der Waals surface area contributed by atoms with E-state index in [1.807, 2.05) is 0 Å². The van der Waals surface area contributed by atoms with E-state index in [0.29, 0.717) is 17.4 Å². The second kappa shape index (κ2) is 4.73. The van der Waals surface area contributed by atoms with Crippen molar-refractivity contribution in [2.45, 2.75) is 18.9 Å². The second-order valence-electron chi connectivity index (χ2n) is 3.57. The summed E-state index contributed by atoms with van der Waals surface area (Å²) < 4.78 is 11.0. The zero-order chi connectivity index (χ0) is 10.7. The van der Waals surface area contributed by atoms with Gasteiger partial charge in [0, 0.05) is 12.7 Å². The molecule has 82 valence electrons. The summed E-state index contributed by atoms with van der Waals surface area (Å²) in [5.41, 5.74) is 0. The fraction of sp³-hybridized carbons (Fsp3) is 0.455. The molecule has 1 saturated heterocycles. The molecule has 0 amide bonds. The molecular formula is C11H13ClO3. The Kier molecular flexibility index (Phi) is 3.34. The lowest BCUT2D eigenvalue weighted by atomic mass is 10.2. The van der Waals surface area contributed by atoms with Crippen molar-refractivity contribution in [2.24, 2.45) is 0 Å². The smallest absolute Gasteiger partial charge is 0.138 e. The number of phenolic OH excluding ortho intramolecular Hbond substituents is 1. The Balaban J connectivity index is 2.03. The lowest BCUT2D eigenvalue weighted by Gasteiger charge is -2.23. The van der Waals surface area contributed by atoms with Crippen LogP contribution < -0.4 is 4.74 Å². The van der Waals surface area contributed by atoms with Crippen LogP contribution in [0.2, 0.25) is 5.02 Å². The van der Waals surface area contributed by atoms with Gasteiger partial charge in [-0.3, -0.25) is 0 Å². The highest BCUT2D eigenvalue weighted by Gasteiger charge is 2.16. The topological polar surface area (TPSA) is 38.7 Å². The quantitative estimate of drug-likeness (QED) is 0.846. The maximum Gasteiger partial charge on any atom is 0.138 e. The molecule has 4 heteroatoms. The van der Waals surface area contributed by atoms with E-state index in [1.165, 1.54) is 6.07 Å². The first-order valence-electron chi connectivity index (χ1n) is 4.98. The third-order valence-electron chi connectivity index (χ3n) is 2.33. The number of rotatable bonds is 2. The maximum atomic E-state index is 9.18. The van der Waals surface area contributed by atoms with Crippen molar-refractivity contribution in [2.75, 3.05) is 13.2 Å². The first-order chi connectivity index (χ1) is 7.25. The van der Waals surface area contributed by atoms with Gasteiger partial charge in [-0.15, -0.1) is 0 Å². The fourth-order valence-electron chi connectivity index (χ4n) is 1.57. The maximum absolute atomic E-state index is 9.18. The molecule has 0 radical (unpaired) electrons. The van der Waals surface area contributed by atoms with Crippen LogP contribution in [0.1, 0.15) is 12.8 Å². The van der Waals surface area contributed by atoms with Crippen LogP contribution in [0, 0.1) is 0 Å². The predicted octanol–water partition coefficient (Wildman–Crippen LogP) is 2.60. The first kappa shape index (κ1) is 10.6. The minimum Gasteiger partial charge on any atom is -0.508 e. The molecular weight excluding hydrogens is 216 g/mol. The lowest BCUT2D eigenvalue weighted by Crippen LogP contribution is -2.28. The summed E-state index contributed by atoms with van der Waals surface area (Å²) in [5.74, 6) is 0.747. The van der Waals surface area contributed by atoms with Gasteiger partial charge in [0.05, 0.1) is 11.6 Å². The molecule has 15 heavy (non-hydrogen) atoms. The Bertz CT molecular complexity index is 335. The average molecular weight is 229 g/mol. The van der Waals surface area contributed by atoms with Gasteiger partial charge in [0.1, 0.15) is 17.6 Å². The van der Waals surface area contributed by atoms with Crippen LogP contribution in [0.15, 0.2) is 18.2 Å². The molecule has 0 saturated carbocycles. The van der Waals surface area contributed by atoms with Crippen LogP contribution in [0.5, 0.6) is 11.5 Å². The van der Waals surface area contributed by atoms with Crippen molar-refractivity contribution in [3.63, 3.8) is 0 Å². The van der Waals surface area contributed by atoms with E-state index in [2.05, 4.69) is 0 Å². The van der Waals surface area contributed by atoms with Gasteiger partial charge in [0.25, 0.3) is 0 Å². The molecule has 0 aromatic heterocycles. The number of aromatic hydroxyl groups is 1. The summed E-state index contributed by atoms with van der Waals surface area (Å²) in [4.78, 5) is 0. The molecule has 1 aromatic rings. The third kappa shape index (κ3) is 2.76. The number of benzene rings is 1. The van der Waals surface area contributed by atoms with Crippen LogP contribution in [-0.2, 0) is 4.74 Å². The van der Waals surface area contributed by atoms with E-state index in [4.69, 9.17) is 21.1 Å². The summed E-state index contributed by atoms with van der Waals surface area (Å²) in [5, 5.41) is 9.61. The number of hydrogen-bond donors (Lipinski definition) is 1. The molecule has 3 nitrogen and oxygen atoms in total. The molecule has 0 spiro atoms.